The maximum atomic E-state index is 11.3. The number of hydrogen-bond donors (Lipinski definition) is 2. The van der Waals surface area contributed by atoms with Gasteiger partial charge in [-0.15, -0.1) is 0 Å². The summed E-state index contributed by atoms with van der Waals surface area (Å²) < 4.78 is 0. The number of nitrogens with one attached hydrogen (secondary N) is 2. The Kier molecular flexibility index (Phi) is 8.64. The second kappa shape index (κ2) is 9.00. The molecule has 3 heteroatoms. The molecule has 0 aromatic carbocycles. The van der Waals surface area contributed by atoms with Gasteiger partial charge in [0.1, 0.15) is 0 Å². The van der Waals surface area contributed by atoms with Gasteiger partial charge in [-0.05, 0) is 18.9 Å². The molecule has 0 fully saturated rings. The topological polar surface area (TPSA) is 41.1 Å². The highest BCUT2D eigenvalue weighted by Gasteiger charge is 2.05. The van der Waals surface area contributed by atoms with Crippen LogP contribution in [0.5, 0.6) is 0 Å². The number of carbonyl (C=O) groups excluding carboxylic acids is 1. The van der Waals surface area contributed by atoms with E-state index in [1.165, 1.54) is 0 Å². The summed E-state index contributed by atoms with van der Waals surface area (Å²) >= 11 is 0. The van der Waals surface area contributed by atoms with E-state index in [9.17, 15) is 4.79 Å². The van der Waals surface area contributed by atoms with Crippen molar-refractivity contribution in [3.05, 3.63) is 0 Å². The van der Waals surface area contributed by atoms with Crippen molar-refractivity contribution in [3.8, 4) is 0 Å². The first-order valence-corrected chi connectivity index (χ1v) is 5.68. The quantitative estimate of drug-likeness (QED) is 0.584. The normalized spacial score (nSPS) is 12.5. The summed E-state index contributed by atoms with van der Waals surface area (Å²) in [6, 6.07) is 0. The van der Waals surface area contributed by atoms with Crippen LogP contribution in [0.3, 0.4) is 0 Å². The Hall–Kier alpha value is -0.570. The van der Waals surface area contributed by atoms with Gasteiger partial charge in [0.15, 0.2) is 0 Å². The largest absolute Gasteiger partial charge is 0.355 e. The molecular formula is C11H24N2O. The van der Waals surface area contributed by atoms with Crippen LogP contribution in [0.15, 0.2) is 0 Å². The van der Waals surface area contributed by atoms with Crippen molar-refractivity contribution in [1.29, 1.82) is 0 Å². The molecule has 14 heavy (non-hydrogen) atoms. The summed E-state index contributed by atoms with van der Waals surface area (Å²) in [5, 5.41) is 6.15. The Morgan fingerprint density at radius 1 is 1.21 bits per heavy atom. The molecule has 0 aliphatic heterocycles. The van der Waals surface area contributed by atoms with Gasteiger partial charge in [-0.2, -0.15) is 0 Å². The zero-order valence-corrected chi connectivity index (χ0v) is 9.73. The van der Waals surface area contributed by atoms with E-state index in [4.69, 9.17) is 0 Å². The number of carbonyl (C=O) groups is 1. The Balaban J connectivity index is 3.27. The van der Waals surface area contributed by atoms with Crippen LogP contribution in [0.4, 0.5) is 0 Å². The SMILES string of the molecule is CCCNCCNC(=O)CC(C)CC. The molecule has 0 aromatic heterocycles. The third kappa shape index (κ3) is 8.05. The van der Waals surface area contributed by atoms with E-state index in [0.29, 0.717) is 12.3 Å². The third-order valence-corrected chi connectivity index (χ3v) is 2.28. The molecule has 84 valence electrons. The summed E-state index contributed by atoms with van der Waals surface area (Å²) in [5.41, 5.74) is 0. The fourth-order valence-electron chi connectivity index (χ4n) is 1.13. The molecule has 0 bridgehead atoms. The fourth-order valence-corrected chi connectivity index (χ4v) is 1.13. The lowest BCUT2D eigenvalue weighted by Crippen LogP contribution is -2.32. The molecule has 0 aromatic rings. The van der Waals surface area contributed by atoms with Crippen molar-refractivity contribution in [2.24, 2.45) is 5.92 Å². The maximum absolute atomic E-state index is 11.3. The van der Waals surface area contributed by atoms with Gasteiger partial charge in [0.05, 0.1) is 0 Å². The first kappa shape index (κ1) is 13.4. The van der Waals surface area contributed by atoms with E-state index in [1.54, 1.807) is 0 Å². The van der Waals surface area contributed by atoms with Gasteiger partial charge in [-0.25, -0.2) is 0 Å². The van der Waals surface area contributed by atoms with Crippen molar-refractivity contribution in [2.75, 3.05) is 19.6 Å². The average Bonchev–Trinajstić information content (AvgIpc) is 2.17. The first-order valence-electron chi connectivity index (χ1n) is 5.68. The lowest BCUT2D eigenvalue weighted by molar-refractivity contribution is -0.121. The van der Waals surface area contributed by atoms with Crippen LogP contribution < -0.4 is 10.6 Å². The maximum Gasteiger partial charge on any atom is 0.220 e. The minimum Gasteiger partial charge on any atom is -0.355 e. The molecule has 1 amide bonds. The van der Waals surface area contributed by atoms with Gasteiger partial charge in [0.25, 0.3) is 0 Å². The predicted octanol–water partition coefficient (Wildman–Crippen LogP) is 1.54. The van der Waals surface area contributed by atoms with Crippen LogP contribution in [-0.2, 0) is 4.79 Å². The van der Waals surface area contributed by atoms with Crippen molar-refractivity contribution in [3.63, 3.8) is 0 Å². The summed E-state index contributed by atoms with van der Waals surface area (Å²) in [7, 11) is 0. The number of amides is 1. The van der Waals surface area contributed by atoms with Crippen LogP contribution in [0.1, 0.15) is 40.0 Å². The van der Waals surface area contributed by atoms with Gasteiger partial charge in [0, 0.05) is 19.5 Å². The fraction of sp³-hybridized carbons (Fsp3) is 0.909. The van der Waals surface area contributed by atoms with Crippen molar-refractivity contribution in [1.82, 2.24) is 10.6 Å². The molecular weight excluding hydrogens is 176 g/mol. The second-order valence-corrected chi connectivity index (χ2v) is 3.82. The third-order valence-electron chi connectivity index (χ3n) is 2.28. The summed E-state index contributed by atoms with van der Waals surface area (Å²) in [6.45, 7) is 9.00. The van der Waals surface area contributed by atoms with E-state index in [0.717, 1.165) is 32.5 Å². The monoisotopic (exact) mass is 200 g/mol. The molecule has 0 spiro atoms. The summed E-state index contributed by atoms with van der Waals surface area (Å²) in [5.74, 6) is 0.677. The zero-order chi connectivity index (χ0) is 10.8. The van der Waals surface area contributed by atoms with Gasteiger partial charge in [-0.1, -0.05) is 27.2 Å². The average molecular weight is 200 g/mol. The molecule has 0 aliphatic rings. The number of rotatable bonds is 8. The molecule has 0 saturated heterocycles. The van der Waals surface area contributed by atoms with Crippen molar-refractivity contribution in [2.45, 2.75) is 40.0 Å². The molecule has 0 saturated carbocycles. The highest BCUT2D eigenvalue weighted by Crippen LogP contribution is 2.04. The van der Waals surface area contributed by atoms with Crippen LogP contribution in [0.25, 0.3) is 0 Å². The minimum absolute atomic E-state index is 0.178. The Labute approximate surface area is 87.6 Å². The first-order chi connectivity index (χ1) is 6.70. The lowest BCUT2D eigenvalue weighted by Gasteiger charge is -2.09. The van der Waals surface area contributed by atoms with E-state index in [1.807, 2.05) is 0 Å². The Bertz CT molecular complexity index is 148. The van der Waals surface area contributed by atoms with Crippen LogP contribution in [0.2, 0.25) is 0 Å². The highest BCUT2D eigenvalue weighted by atomic mass is 16.1. The van der Waals surface area contributed by atoms with E-state index < -0.39 is 0 Å². The highest BCUT2D eigenvalue weighted by molar-refractivity contribution is 5.76. The molecule has 1 unspecified atom stereocenters. The lowest BCUT2D eigenvalue weighted by atomic mass is 10.1. The van der Waals surface area contributed by atoms with Gasteiger partial charge in [-0.3, -0.25) is 4.79 Å². The predicted molar refractivity (Wildman–Crippen MR) is 60.2 cm³/mol. The standard InChI is InChI=1S/C11H24N2O/c1-4-6-12-7-8-13-11(14)9-10(3)5-2/h10,12H,4-9H2,1-3H3,(H,13,14). The van der Waals surface area contributed by atoms with E-state index >= 15 is 0 Å². The summed E-state index contributed by atoms with van der Waals surface area (Å²) in [6.07, 6.45) is 2.87. The van der Waals surface area contributed by atoms with Crippen LogP contribution in [-0.4, -0.2) is 25.5 Å². The molecule has 0 heterocycles. The Morgan fingerprint density at radius 2 is 1.93 bits per heavy atom. The zero-order valence-electron chi connectivity index (χ0n) is 9.73. The molecule has 2 N–H and O–H groups in total. The Morgan fingerprint density at radius 3 is 2.50 bits per heavy atom. The smallest absolute Gasteiger partial charge is 0.220 e. The van der Waals surface area contributed by atoms with Gasteiger partial charge >= 0.3 is 0 Å². The van der Waals surface area contributed by atoms with E-state index in [2.05, 4.69) is 31.4 Å². The van der Waals surface area contributed by atoms with Crippen LogP contribution in [0, 0.1) is 5.92 Å². The van der Waals surface area contributed by atoms with Crippen molar-refractivity contribution >= 4 is 5.91 Å². The second-order valence-electron chi connectivity index (χ2n) is 3.82. The molecule has 1 atom stereocenters. The number of hydrogen-bond acceptors (Lipinski definition) is 2. The van der Waals surface area contributed by atoms with Gasteiger partial charge in [0.2, 0.25) is 5.91 Å². The molecule has 0 aliphatic carbocycles. The molecule has 0 radical (unpaired) electrons. The molecule has 3 nitrogen and oxygen atoms in total. The van der Waals surface area contributed by atoms with Crippen LogP contribution >= 0.6 is 0 Å². The molecule has 0 rings (SSSR count). The van der Waals surface area contributed by atoms with Crippen molar-refractivity contribution < 1.29 is 4.79 Å². The summed E-state index contributed by atoms with van der Waals surface area (Å²) in [4.78, 5) is 11.3. The van der Waals surface area contributed by atoms with Gasteiger partial charge < -0.3 is 10.6 Å². The minimum atomic E-state index is 0.178. The van der Waals surface area contributed by atoms with E-state index in [-0.39, 0.29) is 5.91 Å².